The zero-order valence-electron chi connectivity index (χ0n) is 11.2. The summed E-state index contributed by atoms with van der Waals surface area (Å²) >= 11 is 0. The molecule has 0 aromatic heterocycles. The standard InChI is InChI=1S/C10H22O5Si2/c1-7-10(11)15-16(8-9(2)3)17(12-4,13-5)14-6/h7,9,16H,1,8H2,2-6H3. The van der Waals surface area contributed by atoms with E-state index in [1.54, 1.807) is 0 Å². The van der Waals surface area contributed by atoms with E-state index in [2.05, 4.69) is 20.4 Å². The predicted molar refractivity (Wildman–Crippen MR) is 69.9 cm³/mol. The molecule has 0 bridgehead atoms. The maximum Gasteiger partial charge on any atom is 0.514 e. The highest BCUT2D eigenvalue weighted by Crippen LogP contribution is 2.19. The lowest BCUT2D eigenvalue weighted by Gasteiger charge is -2.31. The number of hydrogen-bond donors (Lipinski definition) is 0. The van der Waals surface area contributed by atoms with Crippen LogP contribution in [0, 0.1) is 5.92 Å². The fourth-order valence-corrected chi connectivity index (χ4v) is 10.0. The highest BCUT2D eigenvalue weighted by Gasteiger charge is 2.52. The summed E-state index contributed by atoms with van der Waals surface area (Å²) < 4.78 is 21.6. The molecule has 1 unspecified atom stereocenters. The molecule has 0 N–H and O–H groups in total. The van der Waals surface area contributed by atoms with Gasteiger partial charge in [0.05, 0.1) is 0 Å². The van der Waals surface area contributed by atoms with Crippen molar-refractivity contribution in [3.8, 4) is 0 Å². The van der Waals surface area contributed by atoms with E-state index in [0.717, 1.165) is 12.1 Å². The summed E-state index contributed by atoms with van der Waals surface area (Å²) in [6, 6.07) is 0.751. The zero-order chi connectivity index (χ0) is 13.5. The van der Waals surface area contributed by atoms with Gasteiger partial charge in [-0.3, -0.25) is 0 Å². The van der Waals surface area contributed by atoms with Crippen LogP contribution in [0.1, 0.15) is 13.8 Å². The number of carbonyl (C=O) groups is 1. The average molecular weight is 278 g/mol. The Hall–Kier alpha value is -0.476. The Morgan fingerprint density at radius 3 is 2.06 bits per heavy atom. The van der Waals surface area contributed by atoms with Gasteiger partial charge in [0.2, 0.25) is 0 Å². The van der Waals surface area contributed by atoms with Crippen LogP contribution in [0.5, 0.6) is 0 Å². The van der Waals surface area contributed by atoms with Gasteiger partial charge in [-0.25, -0.2) is 4.79 Å². The van der Waals surface area contributed by atoms with Gasteiger partial charge in [0.15, 0.2) is 0 Å². The Labute approximate surface area is 106 Å². The first kappa shape index (κ1) is 16.5. The normalized spacial score (nSPS) is 13.5. The summed E-state index contributed by atoms with van der Waals surface area (Å²) in [5.74, 6) is -0.0538. The van der Waals surface area contributed by atoms with Gasteiger partial charge in [-0.05, 0) is 12.0 Å². The van der Waals surface area contributed by atoms with Crippen molar-refractivity contribution in [2.45, 2.75) is 19.9 Å². The van der Waals surface area contributed by atoms with Crippen molar-refractivity contribution in [2.75, 3.05) is 21.3 Å². The summed E-state index contributed by atoms with van der Waals surface area (Å²) in [6.07, 6.45) is 1.15. The molecule has 0 aliphatic carbocycles. The molecule has 0 fully saturated rings. The Balaban J connectivity index is 4.97. The first-order valence-electron chi connectivity index (χ1n) is 5.44. The van der Waals surface area contributed by atoms with Crippen LogP contribution in [0.25, 0.3) is 0 Å². The quantitative estimate of drug-likeness (QED) is 0.491. The maximum atomic E-state index is 11.3. The van der Waals surface area contributed by atoms with Gasteiger partial charge < -0.3 is 17.7 Å². The second-order valence-electron chi connectivity index (χ2n) is 3.98. The van der Waals surface area contributed by atoms with Crippen LogP contribution in [-0.4, -0.2) is 44.2 Å². The lowest BCUT2D eigenvalue weighted by atomic mass is 10.3. The molecule has 100 valence electrons. The van der Waals surface area contributed by atoms with Crippen molar-refractivity contribution >= 4 is 22.8 Å². The molecule has 0 aliphatic heterocycles. The third-order valence-corrected chi connectivity index (χ3v) is 12.3. The van der Waals surface area contributed by atoms with Crippen LogP contribution in [0.4, 0.5) is 0 Å². The smallest absolute Gasteiger partial charge is 0.512 e. The van der Waals surface area contributed by atoms with Crippen molar-refractivity contribution in [1.82, 2.24) is 0 Å². The summed E-state index contributed by atoms with van der Waals surface area (Å²) in [4.78, 5) is 11.3. The Kier molecular flexibility index (Phi) is 7.56. The minimum Gasteiger partial charge on any atom is -0.512 e. The maximum absolute atomic E-state index is 11.3. The van der Waals surface area contributed by atoms with Gasteiger partial charge in [0.1, 0.15) is 0 Å². The van der Waals surface area contributed by atoms with Crippen molar-refractivity contribution in [3.05, 3.63) is 12.7 Å². The summed E-state index contributed by atoms with van der Waals surface area (Å²) in [5.41, 5.74) is 0. The first-order valence-corrected chi connectivity index (χ1v) is 10.3. The molecule has 7 heteroatoms. The molecule has 0 spiro atoms. The topological polar surface area (TPSA) is 54.0 Å². The van der Waals surface area contributed by atoms with E-state index in [-0.39, 0.29) is 0 Å². The van der Waals surface area contributed by atoms with E-state index in [4.69, 9.17) is 17.7 Å². The molecule has 0 saturated carbocycles. The van der Waals surface area contributed by atoms with Crippen LogP contribution < -0.4 is 0 Å². The fraction of sp³-hybridized carbons (Fsp3) is 0.700. The number of carbonyl (C=O) groups excluding carboxylic acids is 1. The van der Waals surface area contributed by atoms with Crippen LogP contribution in [0.3, 0.4) is 0 Å². The molecule has 0 heterocycles. The Morgan fingerprint density at radius 1 is 1.29 bits per heavy atom. The molecule has 0 radical (unpaired) electrons. The van der Waals surface area contributed by atoms with Crippen LogP contribution >= 0.6 is 0 Å². The Bertz CT molecular complexity index is 245. The SMILES string of the molecule is C=CC(=O)O[SiH](CC(C)C)[Si](OC)(OC)OC. The monoisotopic (exact) mass is 278 g/mol. The zero-order valence-corrected chi connectivity index (χ0v) is 13.3. The average Bonchev–Trinajstić information content (AvgIpc) is 2.31. The molecule has 0 aliphatic rings. The number of rotatable bonds is 8. The van der Waals surface area contributed by atoms with E-state index in [0.29, 0.717) is 5.92 Å². The Morgan fingerprint density at radius 2 is 1.76 bits per heavy atom. The van der Waals surface area contributed by atoms with Crippen LogP contribution in [0.15, 0.2) is 12.7 Å². The molecular weight excluding hydrogens is 256 g/mol. The molecule has 0 amide bonds. The molecule has 0 rings (SSSR count). The van der Waals surface area contributed by atoms with E-state index in [9.17, 15) is 4.79 Å². The molecule has 5 nitrogen and oxygen atoms in total. The predicted octanol–water partition coefficient (Wildman–Crippen LogP) is 1.05. The molecule has 1 atom stereocenters. The third kappa shape index (κ3) is 4.72. The van der Waals surface area contributed by atoms with Gasteiger partial charge in [-0.1, -0.05) is 20.4 Å². The lowest BCUT2D eigenvalue weighted by Crippen LogP contribution is -2.59. The highest BCUT2D eigenvalue weighted by molar-refractivity contribution is 7.22. The molecular formula is C10H22O5Si2. The molecule has 0 saturated heterocycles. The first-order chi connectivity index (χ1) is 7.95. The minimum absolute atomic E-state index is 0.386. The largest absolute Gasteiger partial charge is 0.514 e. The second kappa shape index (κ2) is 7.77. The van der Waals surface area contributed by atoms with E-state index in [1.165, 1.54) is 21.3 Å². The summed E-state index contributed by atoms with van der Waals surface area (Å²) in [7, 11) is -0.320. The van der Waals surface area contributed by atoms with Gasteiger partial charge >= 0.3 is 22.8 Å². The van der Waals surface area contributed by atoms with Crippen molar-refractivity contribution < 1.29 is 22.5 Å². The lowest BCUT2D eigenvalue weighted by molar-refractivity contribution is -0.129. The van der Waals surface area contributed by atoms with E-state index >= 15 is 0 Å². The van der Waals surface area contributed by atoms with Crippen molar-refractivity contribution in [3.63, 3.8) is 0 Å². The van der Waals surface area contributed by atoms with Crippen LogP contribution in [0.2, 0.25) is 6.04 Å². The van der Waals surface area contributed by atoms with Gasteiger partial charge in [0, 0.05) is 27.4 Å². The molecule has 17 heavy (non-hydrogen) atoms. The van der Waals surface area contributed by atoms with Gasteiger partial charge in [0.25, 0.3) is 0 Å². The van der Waals surface area contributed by atoms with Crippen molar-refractivity contribution in [2.24, 2.45) is 5.92 Å². The summed E-state index contributed by atoms with van der Waals surface area (Å²) in [5, 5.41) is 0. The molecule has 0 aromatic rings. The third-order valence-electron chi connectivity index (χ3n) is 2.36. The van der Waals surface area contributed by atoms with Crippen molar-refractivity contribution in [1.29, 1.82) is 0 Å². The fourth-order valence-electron chi connectivity index (χ4n) is 1.53. The molecule has 0 aromatic carbocycles. The second-order valence-corrected chi connectivity index (χ2v) is 12.1. The van der Waals surface area contributed by atoms with Crippen LogP contribution in [-0.2, 0) is 22.5 Å². The van der Waals surface area contributed by atoms with E-state index in [1.807, 2.05) is 0 Å². The highest BCUT2D eigenvalue weighted by atomic mass is 29.3. The number of hydrogen-bond acceptors (Lipinski definition) is 5. The van der Waals surface area contributed by atoms with E-state index < -0.39 is 22.8 Å². The minimum atomic E-state index is -2.84. The van der Waals surface area contributed by atoms with Gasteiger partial charge in [-0.15, -0.1) is 0 Å². The van der Waals surface area contributed by atoms with Gasteiger partial charge in [-0.2, -0.15) is 0 Å². The summed E-state index contributed by atoms with van der Waals surface area (Å²) in [6.45, 7) is 7.51.